The Morgan fingerprint density at radius 3 is 2.68 bits per heavy atom. The topological polar surface area (TPSA) is 105 Å². The van der Waals surface area contributed by atoms with Gasteiger partial charge < -0.3 is 16.1 Å². The SMILES string of the molecule is [2H][C@](Nc1cc(C(C)=O)c2ncc(C#N)c(NCC(C)(C)C)c2c1)(C1=CN(C2CC2)NN1)c1ccc(F)cc1. The van der Waals surface area contributed by atoms with E-state index >= 15 is 0 Å². The van der Waals surface area contributed by atoms with Gasteiger partial charge in [-0.15, -0.1) is 5.53 Å². The van der Waals surface area contributed by atoms with Crippen LogP contribution < -0.4 is 21.6 Å². The molecule has 4 N–H and O–H groups in total. The van der Waals surface area contributed by atoms with Crippen molar-refractivity contribution in [3.8, 4) is 6.07 Å². The van der Waals surface area contributed by atoms with Crippen molar-refractivity contribution >= 4 is 28.1 Å². The van der Waals surface area contributed by atoms with Gasteiger partial charge in [0.1, 0.15) is 11.9 Å². The van der Waals surface area contributed by atoms with Crippen LogP contribution in [0.2, 0.25) is 0 Å². The van der Waals surface area contributed by atoms with Crippen molar-refractivity contribution in [2.75, 3.05) is 17.2 Å². The van der Waals surface area contributed by atoms with Gasteiger partial charge in [-0.1, -0.05) is 32.9 Å². The van der Waals surface area contributed by atoms with Crippen molar-refractivity contribution in [3.63, 3.8) is 0 Å². The van der Waals surface area contributed by atoms with Gasteiger partial charge in [-0.25, -0.2) is 4.39 Å². The molecule has 38 heavy (non-hydrogen) atoms. The largest absolute Gasteiger partial charge is 0.383 e. The Kier molecular flexibility index (Phi) is 6.34. The lowest BCUT2D eigenvalue weighted by atomic mass is 9.96. The molecule has 1 aliphatic carbocycles. The van der Waals surface area contributed by atoms with Crippen molar-refractivity contribution in [3.05, 3.63) is 77.0 Å². The smallest absolute Gasteiger partial charge is 0.162 e. The second-order valence-electron chi connectivity index (χ2n) is 11.0. The van der Waals surface area contributed by atoms with Crippen LogP contribution in [0.3, 0.4) is 0 Å². The molecule has 2 heterocycles. The van der Waals surface area contributed by atoms with Gasteiger partial charge in [0, 0.05) is 41.6 Å². The summed E-state index contributed by atoms with van der Waals surface area (Å²) >= 11 is 0. The number of carbonyl (C=O) groups is 1. The summed E-state index contributed by atoms with van der Waals surface area (Å²) < 4.78 is 23.4. The lowest BCUT2D eigenvalue weighted by molar-refractivity contribution is 0.101. The minimum Gasteiger partial charge on any atom is -0.383 e. The van der Waals surface area contributed by atoms with Gasteiger partial charge in [-0.3, -0.25) is 14.8 Å². The van der Waals surface area contributed by atoms with Crippen LogP contribution in [0.1, 0.15) is 69.4 Å². The van der Waals surface area contributed by atoms with Crippen molar-refractivity contribution in [1.29, 1.82) is 5.26 Å². The van der Waals surface area contributed by atoms with Gasteiger partial charge in [0.05, 0.1) is 29.9 Å². The lowest BCUT2D eigenvalue weighted by Gasteiger charge is -2.24. The molecule has 196 valence electrons. The van der Waals surface area contributed by atoms with Gasteiger partial charge in [0.15, 0.2) is 5.78 Å². The number of anilines is 2. The Bertz CT molecular complexity index is 1510. The molecule has 1 atom stereocenters. The summed E-state index contributed by atoms with van der Waals surface area (Å²) in [4.78, 5) is 17.2. The van der Waals surface area contributed by atoms with E-state index in [0.29, 0.717) is 57.3 Å². The Hall–Kier alpha value is -4.16. The van der Waals surface area contributed by atoms with Gasteiger partial charge in [0.25, 0.3) is 0 Å². The van der Waals surface area contributed by atoms with E-state index in [-0.39, 0.29) is 11.2 Å². The zero-order chi connectivity index (χ0) is 27.9. The van der Waals surface area contributed by atoms with Gasteiger partial charge in [0.2, 0.25) is 0 Å². The van der Waals surface area contributed by atoms with Crippen LogP contribution >= 0.6 is 0 Å². The standard InChI is InChI=1S/C29H32FN7O/c1-17(38)23-11-21(12-24-26(33-16-29(2,3)4)19(13-31)14-32-28(23)24)34-27(18-5-7-20(30)8-6-18)25-15-37(36-35-25)22-9-10-22/h5-8,11-12,14-15,22,27,34-36H,9-10,16H2,1-4H3,(H,32,33)/t27-/m1/s1/i27D. The Morgan fingerprint density at radius 2 is 2.05 bits per heavy atom. The number of halogens is 1. The van der Waals surface area contributed by atoms with Crippen molar-refractivity contribution < 1.29 is 10.6 Å². The highest BCUT2D eigenvalue weighted by Crippen LogP contribution is 2.36. The van der Waals surface area contributed by atoms with Gasteiger partial charge in [-0.05, 0) is 55.0 Å². The average molecular weight is 515 g/mol. The number of carbonyl (C=O) groups excluding carboxylic acids is 1. The molecule has 0 unspecified atom stereocenters. The molecule has 1 aliphatic heterocycles. The minimum absolute atomic E-state index is 0.0679. The van der Waals surface area contributed by atoms with E-state index in [4.69, 9.17) is 0 Å². The highest BCUT2D eigenvalue weighted by Gasteiger charge is 2.32. The molecule has 1 aromatic heterocycles. The van der Waals surface area contributed by atoms with Crippen LogP contribution in [0.4, 0.5) is 15.8 Å². The number of ketones is 1. The molecule has 8 nitrogen and oxygen atoms in total. The molecular formula is C29H32FN7O. The first kappa shape index (κ1) is 24.2. The fourth-order valence-electron chi connectivity index (χ4n) is 4.33. The molecule has 0 saturated heterocycles. The monoisotopic (exact) mass is 514 g/mol. The number of nitriles is 1. The first-order valence-corrected chi connectivity index (χ1v) is 12.7. The molecule has 1 fully saturated rings. The Labute approximate surface area is 223 Å². The number of Topliss-reactive ketones (excluding diaryl/α,β-unsaturated/α-hetero) is 1. The molecule has 0 amide bonds. The summed E-state index contributed by atoms with van der Waals surface area (Å²) in [5, 5.41) is 19.0. The highest BCUT2D eigenvalue weighted by molar-refractivity contribution is 6.10. The summed E-state index contributed by atoms with van der Waals surface area (Å²) in [6, 6.07) is 10.2. The number of hydrogen-bond donors (Lipinski definition) is 4. The molecular weight excluding hydrogens is 481 g/mol. The first-order valence-electron chi connectivity index (χ1n) is 13.2. The maximum absolute atomic E-state index is 13.8. The maximum Gasteiger partial charge on any atom is 0.162 e. The normalized spacial score (nSPS) is 17.2. The number of fused-ring (bicyclic) bond motifs is 1. The fraction of sp³-hybridized carbons (Fsp3) is 0.345. The van der Waals surface area contributed by atoms with Crippen LogP contribution in [0, 0.1) is 22.6 Å². The number of pyridine rings is 1. The van der Waals surface area contributed by atoms with Crippen LogP contribution in [0.5, 0.6) is 0 Å². The maximum atomic E-state index is 13.8. The van der Waals surface area contributed by atoms with Crippen LogP contribution in [-0.2, 0) is 0 Å². The third kappa shape index (κ3) is 5.41. The summed E-state index contributed by atoms with van der Waals surface area (Å²) in [5.41, 5.74) is 9.42. The van der Waals surface area contributed by atoms with E-state index in [1.54, 1.807) is 24.3 Å². The van der Waals surface area contributed by atoms with Crippen molar-refractivity contribution in [2.24, 2.45) is 5.41 Å². The quantitative estimate of drug-likeness (QED) is 0.297. The van der Waals surface area contributed by atoms with Crippen molar-refractivity contribution in [1.82, 2.24) is 21.0 Å². The third-order valence-corrected chi connectivity index (χ3v) is 6.47. The number of rotatable bonds is 8. The molecule has 0 radical (unpaired) electrons. The van der Waals surface area contributed by atoms with Gasteiger partial charge >= 0.3 is 0 Å². The lowest BCUT2D eigenvalue weighted by Crippen LogP contribution is -2.38. The van der Waals surface area contributed by atoms with Crippen LogP contribution in [0.15, 0.2) is 54.5 Å². The number of nitrogens with one attached hydrogen (secondary N) is 4. The first-order chi connectivity index (χ1) is 18.5. The predicted molar refractivity (Wildman–Crippen MR) is 146 cm³/mol. The predicted octanol–water partition coefficient (Wildman–Crippen LogP) is 5.39. The Morgan fingerprint density at radius 1 is 1.32 bits per heavy atom. The molecule has 3 aromatic rings. The number of hydrogen-bond acceptors (Lipinski definition) is 8. The molecule has 0 bridgehead atoms. The number of aromatic nitrogens is 1. The van der Waals surface area contributed by atoms with Crippen LogP contribution in [0.25, 0.3) is 10.9 Å². The molecule has 9 heteroatoms. The summed E-state index contributed by atoms with van der Waals surface area (Å²) in [5.74, 6) is -0.596. The summed E-state index contributed by atoms with van der Waals surface area (Å²) in [7, 11) is 0. The number of hydrazine groups is 2. The third-order valence-electron chi connectivity index (χ3n) is 6.47. The summed E-state index contributed by atoms with van der Waals surface area (Å²) in [6.07, 6.45) is 5.43. The molecule has 1 saturated carbocycles. The summed E-state index contributed by atoms with van der Waals surface area (Å²) in [6.45, 7) is 8.31. The fourth-order valence-corrected chi connectivity index (χ4v) is 4.33. The van der Waals surface area contributed by atoms with E-state index < -0.39 is 11.8 Å². The van der Waals surface area contributed by atoms with Crippen molar-refractivity contribution in [2.45, 2.75) is 52.6 Å². The molecule has 0 spiro atoms. The minimum atomic E-state index is -1.56. The number of nitrogens with zero attached hydrogens (tertiary/aromatic N) is 3. The van der Waals surface area contributed by atoms with E-state index in [0.717, 1.165) is 12.8 Å². The van der Waals surface area contributed by atoms with Gasteiger partial charge in [-0.2, -0.15) is 5.26 Å². The molecule has 2 aromatic carbocycles. The Balaban J connectivity index is 1.65. The van der Waals surface area contributed by atoms with E-state index in [9.17, 15) is 15.8 Å². The zero-order valence-corrected chi connectivity index (χ0v) is 21.9. The number of benzene rings is 2. The second-order valence-corrected chi connectivity index (χ2v) is 11.0. The average Bonchev–Trinajstić information content (AvgIpc) is 3.62. The molecule has 2 aliphatic rings. The van der Waals surface area contributed by atoms with Crippen LogP contribution in [-0.4, -0.2) is 28.4 Å². The van der Waals surface area contributed by atoms with E-state index in [2.05, 4.69) is 53.4 Å². The second kappa shape index (κ2) is 9.95. The molecule has 5 rings (SSSR count). The van der Waals surface area contributed by atoms with E-state index in [1.807, 2.05) is 11.2 Å². The van der Waals surface area contributed by atoms with E-state index in [1.165, 1.54) is 25.3 Å². The highest BCUT2D eigenvalue weighted by atomic mass is 19.1. The zero-order valence-electron chi connectivity index (χ0n) is 22.9.